The summed E-state index contributed by atoms with van der Waals surface area (Å²) in [4.78, 5) is 12.1. The molecule has 0 saturated carbocycles. The lowest BCUT2D eigenvalue weighted by Gasteiger charge is -2.05. The molecule has 78 valence electrons. The molecule has 0 fully saturated rings. The van der Waals surface area contributed by atoms with Gasteiger partial charge in [-0.15, -0.1) is 11.3 Å². The number of aliphatic carboxylic acids is 1. The van der Waals surface area contributed by atoms with Gasteiger partial charge in [0.25, 0.3) is 0 Å². The molecule has 0 bridgehead atoms. The molecule has 2 rings (SSSR count). The zero-order chi connectivity index (χ0) is 11.0. The fourth-order valence-corrected chi connectivity index (χ4v) is 2.56. The van der Waals surface area contributed by atoms with E-state index in [0.29, 0.717) is 0 Å². The van der Waals surface area contributed by atoms with E-state index in [1.165, 1.54) is 10.3 Å². The third-order valence-electron chi connectivity index (χ3n) is 2.54. The molecule has 0 aliphatic heterocycles. The highest BCUT2D eigenvalue weighted by atomic mass is 32.1. The Labute approximate surface area is 92.2 Å². The van der Waals surface area contributed by atoms with Crippen LogP contribution in [0.25, 0.3) is 10.1 Å². The molecule has 0 amide bonds. The molecular weight excluding hydrogens is 208 g/mol. The van der Waals surface area contributed by atoms with E-state index in [-0.39, 0.29) is 0 Å². The number of fused-ring (bicyclic) bond motifs is 1. The normalized spacial score (nSPS) is 12.9. The number of rotatable bonds is 2. The molecular formula is C12H12O2S. The molecule has 0 saturated heterocycles. The van der Waals surface area contributed by atoms with Gasteiger partial charge in [0.05, 0.1) is 5.92 Å². The molecule has 0 spiro atoms. The Morgan fingerprint density at radius 3 is 2.80 bits per heavy atom. The van der Waals surface area contributed by atoms with Crippen LogP contribution in [-0.4, -0.2) is 11.1 Å². The summed E-state index contributed by atoms with van der Waals surface area (Å²) in [6, 6.07) is 7.99. The molecule has 1 unspecified atom stereocenters. The van der Waals surface area contributed by atoms with E-state index in [2.05, 4.69) is 13.0 Å². The van der Waals surface area contributed by atoms with E-state index < -0.39 is 11.9 Å². The Balaban J connectivity index is 2.50. The number of aryl methyl sites for hydroxylation is 1. The first-order valence-electron chi connectivity index (χ1n) is 4.81. The molecule has 1 atom stereocenters. The maximum absolute atomic E-state index is 10.8. The van der Waals surface area contributed by atoms with Crippen LogP contribution < -0.4 is 0 Å². The van der Waals surface area contributed by atoms with Gasteiger partial charge in [-0.2, -0.15) is 0 Å². The van der Waals surface area contributed by atoms with Crippen LogP contribution >= 0.6 is 11.3 Å². The lowest BCUT2D eigenvalue weighted by molar-refractivity contribution is -0.138. The first-order chi connectivity index (χ1) is 7.08. The largest absolute Gasteiger partial charge is 0.481 e. The highest BCUT2D eigenvalue weighted by molar-refractivity contribution is 7.19. The van der Waals surface area contributed by atoms with Gasteiger partial charge < -0.3 is 5.11 Å². The van der Waals surface area contributed by atoms with Gasteiger partial charge in [0, 0.05) is 9.58 Å². The zero-order valence-electron chi connectivity index (χ0n) is 8.65. The number of hydrogen-bond donors (Lipinski definition) is 1. The lowest BCUT2D eigenvalue weighted by Crippen LogP contribution is -2.06. The summed E-state index contributed by atoms with van der Waals surface area (Å²) in [7, 11) is 0. The second-order valence-corrected chi connectivity index (χ2v) is 5.00. The van der Waals surface area contributed by atoms with Crippen molar-refractivity contribution in [2.45, 2.75) is 19.8 Å². The monoisotopic (exact) mass is 220 g/mol. The van der Waals surface area contributed by atoms with E-state index in [9.17, 15) is 4.79 Å². The van der Waals surface area contributed by atoms with Gasteiger partial charge in [0.15, 0.2) is 0 Å². The van der Waals surface area contributed by atoms with Crippen LogP contribution in [0.3, 0.4) is 0 Å². The number of carboxylic acids is 1. The Morgan fingerprint density at radius 2 is 2.13 bits per heavy atom. The summed E-state index contributed by atoms with van der Waals surface area (Å²) in [5, 5.41) is 10.1. The highest BCUT2D eigenvalue weighted by Gasteiger charge is 2.14. The van der Waals surface area contributed by atoms with Crippen molar-refractivity contribution in [3.05, 3.63) is 34.7 Å². The van der Waals surface area contributed by atoms with Crippen molar-refractivity contribution in [2.75, 3.05) is 0 Å². The van der Waals surface area contributed by atoms with E-state index in [0.717, 1.165) is 10.3 Å². The smallest absolute Gasteiger partial charge is 0.310 e. The number of carboxylic acid groups (broad SMARTS) is 1. The topological polar surface area (TPSA) is 37.3 Å². The molecule has 1 aromatic heterocycles. The average Bonchev–Trinajstić information content (AvgIpc) is 2.55. The number of thiophene rings is 1. The standard InChI is InChI=1S/C12H12O2S/c1-7-5-10-4-3-9(6-11(10)15-7)8(2)12(13)14/h3-6,8H,1-2H3,(H,13,14). The Morgan fingerprint density at radius 1 is 1.40 bits per heavy atom. The second-order valence-electron chi connectivity index (χ2n) is 3.71. The maximum Gasteiger partial charge on any atom is 0.310 e. The minimum Gasteiger partial charge on any atom is -0.481 e. The fourth-order valence-electron chi connectivity index (χ4n) is 1.59. The van der Waals surface area contributed by atoms with Crippen molar-refractivity contribution >= 4 is 27.4 Å². The Bertz CT molecular complexity index is 513. The molecule has 1 heterocycles. The average molecular weight is 220 g/mol. The molecule has 1 aromatic carbocycles. The summed E-state index contributed by atoms with van der Waals surface area (Å²) in [5.74, 6) is -1.21. The molecule has 15 heavy (non-hydrogen) atoms. The Kier molecular flexibility index (Phi) is 2.49. The number of benzene rings is 1. The third kappa shape index (κ3) is 1.88. The maximum atomic E-state index is 10.8. The predicted octanol–water partition coefficient (Wildman–Crippen LogP) is 3.40. The minimum absolute atomic E-state index is 0.434. The third-order valence-corrected chi connectivity index (χ3v) is 3.55. The van der Waals surface area contributed by atoms with Crippen LogP contribution in [0, 0.1) is 6.92 Å². The molecule has 3 heteroatoms. The van der Waals surface area contributed by atoms with Gasteiger partial charge in [0.2, 0.25) is 0 Å². The predicted molar refractivity (Wildman–Crippen MR) is 62.6 cm³/mol. The highest BCUT2D eigenvalue weighted by Crippen LogP contribution is 2.28. The first kappa shape index (κ1) is 10.2. The van der Waals surface area contributed by atoms with Crippen molar-refractivity contribution in [3.63, 3.8) is 0 Å². The Hall–Kier alpha value is -1.35. The van der Waals surface area contributed by atoms with Crippen molar-refractivity contribution in [1.29, 1.82) is 0 Å². The van der Waals surface area contributed by atoms with Crippen molar-refractivity contribution in [3.8, 4) is 0 Å². The van der Waals surface area contributed by atoms with E-state index >= 15 is 0 Å². The molecule has 0 aliphatic rings. The molecule has 2 aromatic rings. The van der Waals surface area contributed by atoms with Gasteiger partial charge in [-0.3, -0.25) is 4.79 Å². The van der Waals surface area contributed by atoms with Gasteiger partial charge in [-0.25, -0.2) is 0 Å². The van der Waals surface area contributed by atoms with Gasteiger partial charge >= 0.3 is 5.97 Å². The summed E-state index contributed by atoms with van der Waals surface area (Å²) in [6.07, 6.45) is 0. The first-order valence-corrected chi connectivity index (χ1v) is 5.62. The van der Waals surface area contributed by atoms with Crippen LogP contribution in [-0.2, 0) is 4.79 Å². The molecule has 0 aliphatic carbocycles. The SMILES string of the molecule is Cc1cc2ccc(C(C)C(=O)O)cc2s1. The summed E-state index contributed by atoms with van der Waals surface area (Å²) in [5.41, 5.74) is 0.872. The van der Waals surface area contributed by atoms with Gasteiger partial charge in [-0.05, 0) is 36.9 Å². The van der Waals surface area contributed by atoms with Crippen LogP contribution in [0.1, 0.15) is 23.3 Å². The molecule has 0 radical (unpaired) electrons. The quantitative estimate of drug-likeness (QED) is 0.842. The number of hydrogen-bond acceptors (Lipinski definition) is 2. The van der Waals surface area contributed by atoms with E-state index in [4.69, 9.17) is 5.11 Å². The summed E-state index contributed by atoms with van der Waals surface area (Å²) < 4.78 is 1.16. The fraction of sp³-hybridized carbons (Fsp3) is 0.250. The van der Waals surface area contributed by atoms with Crippen LogP contribution in [0.5, 0.6) is 0 Å². The van der Waals surface area contributed by atoms with Crippen LogP contribution in [0.2, 0.25) is 0 Å². The van der Waals surface area contributed by atoms with Crippen molar-refractivity contribution < 1.29 is 9.90 Å². The van der Waals surface area contributed by atoms with E-state index in [1.54, 1.807) is 18.3 Å². The summed E-state index contributed by atoms with van der Waals surface area (Å²) >= 11 is 1.70. The van der Waals surface area contributed by atoms with E-state index in [1.807, 2.05) is 18.2 Å². The van der Waals surface area contributed by atoms with Crippen molar-refractivity contribution in [2.24, 2.45) is 0 Å². The number of carbonyl (C=O) groups is 1. The minimum atomic E-state index is -0.775. The molecule has 1 N–H and O–H groups in total. The van der Waals surface area contributed by atoms with Crippen LogP contribution in [0.15, 0.2) is 24.3 Å². The molecule has 2 nitrogen and oxygen atoms in total. The van der Waals surface area contributed by atoms with Crippen molar-refractivity contribution in [1.82, 2.24) is 0 Å². The van der Waals surface area contributed by atoms with Gasteiger partial charge in [0.1, 0.15) is 0 Å². The van der Waals surface area contributed by atoms with Crippen LogP contribution in [0.4, 0.5) is 0 Å². The summed E-state index contributed by atoms with van der Waals surface area (Å²) in [6.45, 7) is 3.77. The second kappa shape index (κ2) is 3.66. The lowest BCUT2D eigenvalue weighted by atomic mass is 10.0. The van der Waals surface area contributed by atoms with Gasteiger partial charge in [-0.1, -0.05) is 12.1 Å². The zero-order valence-corrected chi connectivity index (χ0v) is 9.47.